The molecule has 1 aromatic heterocycles. The standard InChI is InChI=1S/C20H11F6NO/c21-19(22,23)13-7-1-2-9-15(13)27-16-10-4-6-12-11-5-3-8-14(20(24,25)26)17(11)28-18(12)16/h1-10,27H. The lowest BCUT2D eigenvalue weighted by Crippen LogP contribution is -2.08. The van der Waals surface area contributed by atoms with Gasteiger partial charge in [0.15, 0.2) is 5.58 Å². The number of anilines is 2. The number of para-hydroxylation sites is 3. The molecular weight excluding hydrogens is 384 g/mol. The molecule has 0 amide bonds. The molecule has 0 radical (unpaired) electrons. The average Bonchev–Trinajstić information content (AvgIpc) is 3.00. The first kappa shape index (κ1) is 18.2. The minimum absolute atomic E-state index is 0.0474. The Morgan fingerprint density at radius 1 is 0.571 bits per heavy atom. The predicted octanol–water partition coefficient (Wildman–Crippen LogP) is 7.37. The van der Waals surface area contributed by atoms with Crippen molar-refractivity contribution in [2.24, 2.45) is 0 Å². The fourth-order valence-corrected chi connectivity index (χ4v) is 3.13. The molecule has 28 heavy (non-hydrogen) atoms. The van der Waals surface area contributed by atoms with Crippen molar-refractivity contribution in [3.63, 3.8) is 0 Å². The Hall–Kier alpha value is -3.16. The van der Waals surface area contributed by atoms with Crippen molar-refractivity contribution in [3.05, 3.63) is 71.8 Å². The normalized spacial score (nSPS) is 12.6. The molecule has 0 atom stereocenters. The maximum atomic E-state index is 13.3. The third-order valence-electron chi connectivity index (χ3n) is 4.33. The molecule has 8 heteroatoms. The summed E-state index contributed by atoms with van der Waals surface area (Å²) in [5.41, 5.74) is -2.23. The summed E-state index contributed by atoms with van der Waals surface area (Å²) in [5.74, 6) is 0. The number of benzene rings is 3. The topological polar surface area (TPSA) is 25.2 Å². The Bertz CT molecular complexity index is 1170. The van der Waals surface area contributed by atoms with Crippen LogP contribution in [-0.4, -0.2) is 0 Å². The van der Waals surface area contributed by atoms with Gasteiger partial charge in [0.05, 0.1) is 22.5 Å². The zero-order valence-electron chi connectivity index (χ0n) is 13.9. The van der Waals surface area contributed by atoms with Crippen LogP contribution < -0.4 is 5.32 Å². The minimum Gasteiger partial charge on any atom is -0.453 e. The van der Waals surface area contributed by atoms with Crippen LogP contribution in [0.3, 0.4) is 0 Å². The highest BCUT2D eigenvalue weighted by atomic mass is 19.4. The summed E-state index contributed by atoms with van der Waals surface area (Å²) in [6, 6.07) is 13.0. The Labute approximate surface area is 154 Å². The van der Waals surface area contributed by atoms with Gasteiger partial charge < -0.3 is 9.73 Å². The van der Waals surface area contributed by atoms with Gasteiger partial charge in [0, 0.05) is 10.8 Å². The van der Waals surface area contributed by atoms with Gasteiger partial charge in [-0.05, 0) is 24.3 Å². The highest BCUT2D eigenvalue weighted by molar-refractivity contribution is 6.10. The van der Waals surface area contributed by atoms with E-state index in [9.17, 15) is 26.3 Å². The first-order valence-electron chi connectivity index (χ1n) is 8.11. The van der Waals surface area contributed by atoms with Gasteiger partial charge in [0.2, 0.25) is 0 Å². The molecule has 0 aliphatic heterocycles. The van der Waals surface area contributed by atoms with E-state index in [0.717, 1.165) is 12.1 Å². The summed E-state index contributed by atoms with van der Waals surface area (Å²) >= 11 is 0. The van der Waals surface area contributed by atoms with Crippen molar-refractivity contribution in [2.75, 3.05) is 5.32 Å². The molecule has 144 valence electrons. The van der Waals surface area contributed by atoms with Gasteiger partial charge in [-0.1, -0.05) is 36.4 Å². The van der Waals surface area contributed by atoms with E-state index in [2.05, 4.69) is 5.32 Å². The van der Waals surface area contributed by atoms with E-state index in [4.69, 9.17) is 4.42 Å². The van der Waals surface area contributed by atoms with Crippen LogP contribution in [0, 0.1) is 0 Å². The molecule has 2 nitrogen and oxygen atoms in total. The highest BCUT2D eigenvalue weighted by Crippen LogP contribution is 2.42. The third kappa shape index (κ3) is 3.04. The van der Waals surface area contributed by atoms with Crippen LogP contribution in [0.4, 0.5) is 37.7 Å². The number of hydrogen-bond acceptors (Lipinski definition) is 2. The number of furan rings is 1. The van der Waals surface area contributed by atoms with Crippen molar-refractivity contribution in [1.29, 1.82) is 0 Å². The summed E-state index contributed by atoms with van der Waals surface area (Å²) in [4.78, 5) is 0. The zero-order chi connectivity index (χ0) is 20.1. The smallest absolute Gasteiger partial charge is 0.420 e. The monoisotopic (exact) mass is 395 g/mol. The SMILES string of the molecule is FC(F)(F)c1ccccc1Nc1cccc2c1oc1c(C(F)(F)F)cccc12. The lowest BCUT2D eigenvalue weighted by molar-refractivity contribution is -0.137. The summed E-state index contributed by atoms with van der Waals surface area (Å²) in [5, 5.41) is 3.25. The number of rotatable bonds is 2. The highest BCUT2D eigenvalue weighted by Gasteiger charge is 2.35. The van der Waals surface area contributed by atoms with E-state index in [-0.39, 0.29) is 27.9 Å². The van der Waals surface area contributed by atoms with E-state index in [1.165, 1.54) is 42.5 Å². The summed E-state index contributed by atoms with van der Waals surface area (Å²) in [6.45, 7) is 0. The lowest BCUT2D eigenvalue weighted by Gasteiger charge is -2.14. The molecule has 4 aromatic rings. The molecule has 0 unspecified atom stereocenters. The summed E-state index contributed by atoms with van der Waals surface area (Å²) in [7, 11) is 0. The Morgan fingerprint density at radius 3 is 1.79 bits per heavy atom. The molecule has 0 aliphatic rings. The van der Waals surface area contributed by atoms with Crippen LogP contribution in [0.25, 0.3) is 21.9 Å². The number of hydrogen-bond donors (Lipinski definition) is 1. The Morgan fingerprint density at radius 2 is 1.11 bits per heavy atom. The van der Waals surface area contributed by atoms with Gasteiger partial charge >= 0.3 is 12.4 Å². The molecule has 0 fully saturated rings. The van der Waals surface area contributed by atoms with Crippen molar-refractivity contribution >= 4 is 33.3 Å². The maximum Gasteiger partial charge on any atom is 0.420 e. The van der Waals surface area contributed by atoms with Gasteiger partial charge in [-0.25, -0.2) is 0 Å². The summed E-state index contributed by atoms with van der Waals surface area (Å²) in [6.07, 6.45) is -9.21. The second-order valence-corrected chi connectivity index (χ2v) is 6.13. The number of nitrogens with one attached hydrogen (secondary N) is 1. The van der Waals surface area contributed by atoms with Gasteiger partial charge in [0.1, 0.15) is 5.58 Å². The molecule has 0 aliphatic carbocycles. The Kier molecular flexibility index (Phi) is 4.02. The maximum absolute atomic E-state index is 13.3. The van der Waals surface area contributed by atoms with Crippen LogP contribution in [0.2, 0.25) is 0 Å². The molecule has 0 saturated carbocycles. The van der Waals surface area contributed by atoms with Crippen LogP contribution in [0.15, 0.2) is 65.1 Å². The van der Waals surface area contributed by atoms with Crippen LogP contribution in [0.1, 0.15) is 11.1 Å². The predicted molar refractivity (Wildman–Crippen MR) is 93.4 cm³/mol. The number of fused-ring (bicyclic) bond motifs is 3. The van der Waals surface area contributed by atoms with E-state index in [1.54, 1.807) is 6.07 Å². The molecule has 1 N–H and O–H groups in total. The van der Waals surface area contributed by atoms with E-state index in [0.29, 0.717) is 5.39 Å². The van der Waals surface area contributed by atoms with Crippen LogP contribution in [0.5, 0.6) is 0 Å². The molecular formula is C20H11F6NO. The molecule has 3 aromatic carbocycles. The molecule has 1 heterocycles. The largest absolute Gasteiger partial charge is 0.453 e. The van der Waals surface area contributed by atoms with E-state index < -0.39 is 23.5 Å². The van der Waals surface area contributed by atoms with Gasteiger partial charge in [-0.15, -0.1) is 0 Å². The molecule has 4 rings (SSSR count). The van der Waals surface area contributed by atoms with Crippen molar-refractivity contribution in [2.45, 2.75) is 12.4 Å². The summed E-state index contributed by atoms with van der Waals surface area (Å²) < 4.78 is 85.0. The van der Waals surface area contributed by atoms with Crippen LogP contribution in [-0.2, 0) is 12.4 Å². The molecule has 0 saturated heterocycles. The Balaban J connectivity index is 1.91. The van der Waals surface area contributed by atoms with Gasteiger partial charge in [0.25, 0.3) is 0 Å². The third-order valence-corrected chi connectivity index (χ3v) is 4.33. The molecule has 0 bridgehead atoms. The first-order chi connectivity index (χ1) is 13.2. The van der Waals surface area contributed by atoms with Gasteiger partial charge in [-0.3, -0.25) is 0 Å². The van der Waals surface area contributed by atoms with Crippen molar-refractivity contribution in [3.8, 4) is 0 Å². The molecule has 0 spiro atoms. The lowest BCUT2D eigenvalue weighted by atomic mass is 10.1. The fraction of sp³-hybridized carbons (Fsp3) is 0.100. The second kappa shape index (κ2) is 6.19. The number of alkyl halides is 6. The van der Waals surface area contributed by atoms with Gasteiger partial charge in [-0.2, -0.15) is 26.3 Å². The zero-order valence-corrected chi connectivity index (χ0v) is 13.9. The average molecular weight is 395 g/mol. The van der Waals surface area contributed by atoms with E-state index in [1.807, 2.05) is 0 Å². The van der Waals surface area contributed by atoms with Crippen molar-refractivity contribution in [1.82, 2.24) is 0 Å². The number of halogens is 6. The van der Waals surface area contributed by atoms with E-state index >= 15 is 0 Å². The minimum atomic E-state index is -4.62. The van der Waals surface area contributed by atoms with Crippen molar-refractivity contribution < 1.29 is 30.8 Å². The quantitative estimate of drug-likeness (QED) is 0.359. The fourth-order valence-electron chi connectivity index (χ4n) is 3.13. The van der Waals surface area contributed by atoms with Crippen LogP contribution >= 0.6 is 0 Å². The first-order valence-corrected chi connectivity index (χ1v) is 8.11. The second-order valence-electron chi connectivity index (χ2n) is 6.13.